The second kappa shape index (κ2) is 8.86. The quantitative estimate of drug-likeness (QED) is 0.545. The number of benzene rings is 2. The smallest absolute Gasteiger partial charge is 0.224 e. The first-order valence-electron chi connectivity index (χ1n) is 7.00. The lowest BCUT2D eigenvalue weighted by molar-refractivity contribution is -0.116. The van der Waals surface area contributed by atoms with Gasteiger partial charge in [0.05, 0.1) is 12.3 Å². The number of anilines is 1. The van der Waals surface area contributed by atoms with Crippen LogP contribution in [0.1, 0.15) is 12.8 Å². The van der Waals surface area contributed by atoms with Gasteiger partial charge in [0.15, 0.2) is 0 Å². The first kappa shape index (κ1) is 16.9. The molecule has 0 atom stereocenters. The Balaban J connectivity index is 1.74. The van der Waals surface area contributed by atoms with Gasteiger partial charge in [-0.1, -0.05) is 34.1 Å². The Morgan fingerprint density at radius 1 is 1.23 bits per heavy atom. The van der Waals surface area contributed by atoms with Crippen LogP contribution in [0, 0.1) is 0 Å². The third-order valence-corrected chi connectivity index (χ3v) is 4.28. The van der Waals surface area contributed by atoms with Crippen LogP contribution in [-0.2, 0) is 4.79 Å². The normalized spacial score (nSPS) is 10.3. The summed E-state index contributed by atoms with van der Waals surface area (Å²) >= 11 is 5.02. The Kier molecular flexibility index (Phi) is 6.80. The molecule has 0 saturated heterocycles. The monoisotopic (exact) mass is 379 g/mol. The van der Waals surface area contributed by atoms with E-state index in [2.05, 4.69) is 21.2 Å². The van der Waals surface area contributed by atoms with Gasteiger partial charge < -0.3 is 10.1 Å². The summed E-state index contributed by atoms with van der Waals surface area (Å²) in [5.74, 6) is 0.821. The lowest BCUT2D eigenvalue weighted by Gasteiger charge is -2.09. The minimum Gasteiger partial charge on any atom is -0.494 e. The van der Waals surface area contributed by atoms with E-state index in [0.29, 0.717) is 19.4 Å². The molecule has 116 valence electrons. The van der Waals surface area contributed by atoms with E-state index in [0.717, 1.165) is 20.8 Å². The SMILES string of the molecule is CSc1ccccc1NC(=O)CCCOc1cccc(Br)c1. The number of hydrogen-bond donors (Lipinski definition) is 1. The maximum atomic E-state index is 12.0. The van der Waals surface area contributed by atoms with Gasteiger partial charge in [0.2, 0.25) is 5.91 Å². The van der Waals surface area contributed by atoms with Crippen molar-refractivity contribution >= 4 is 39.3 Å². The highest BCUT2D eigenvalue weighted by Crippen LogP contribution is 2.24. The standard InChI is InChI=1S/C17H18BrNO2S/c1-22-16-9-3-2-8-15(16)19-17(20)10-5-11-21-14-7-4-6-13(18)12-14/h2-4,6-9,12H,5,10-11H2,1H3,(H,19,20). The number of nitrogens with one attached hydrogen (secondary N) is 1. The lowest BCUT2D eigenvalue weighted by Crippen LogP contribution is -2.13. The molecule has 0 fully saturated rings. The summed E-state index contributed by atoms with van der Waals surface area (Å²) in [7, 11) is 0. The lowest BCUT2D eigenvalue weighted by atomic mass is 10.2. The Morgan fingerprint density at radius 2 is 2.05 bits per heavy atom. The third-order valence-electron chi connectivity index (χ3n) is 2.99. The van der Waals surface area contributed by atoms with E-state index in [1.165, 1.54) is 0 Å². The molecule has 0 radical (unpaired) electrons. The number of carbonyl (C=O) groups excluding carboxylic acids is 1. The van der Waals surface area contributed by atoms with Gasteiger partial charge >= 0.3 is 0 Å². The summed E-state index contributed by atoms with van der Waals surface area (Å²) in [4.78, 5) is 13.0. The van der Waals surface area contributed by atoms with Crippen LogP contribution in [0.3, 0.4) is 0 Å². The van der Waals surface area contributed by atoms with Crippen molar-refractivity contribution in [2.75, 3.05) is 18.2 Å². The topological polar surface area (TPSA) is 38.3 Å². The van der Waals surface area contributed by atoms with Gasteiger partial charge in [0.1, 0.15) is 5.75 Å². The van der Waals surface area contributed by atoms with Crippen LogP contribution in [0.2, 0.25) is 0 Å². The summed E-state index contributed by atoms with van der Waals surface area (Å²) in [5, 5.41) is 2.95. The van der Waals surface area contributed by atoms with Gasteiger partial charge in [-0.15, -0.1) is 11.8 Å². The van der Waals surface area contributed by atoms with E-state index in [1.54, 1.807) is 11.8 Å². The predicted octanol–water partition coefficient (Wildman–Crippen LogP) is 4.97. The zero-order chi connectivity index (χ0) is 15.8. The average Bonchev–Trinajstić information content (AvgIpc) is 2.52. The number of rotatable bonds is 7. The third kappa shape index (κ3) is 5.39. The van der Waals surface area contributed by atoms with Crippen molar-refractivity contribution in [1.82, 2.24) is 0 Å². The second-order valence-electron chi connectivity index (χ2n) is 4.66. The largest absolute Gasteiger partial charge is 0.494 e. The number of hydrogen-bond acceptors (Lipinski definition) is 3. The van der Waals surface area contributed by atoms with Crippen LogP contribution in [-0.4, -0.2) is 18.8 Å². The molecule has 1 amide bonds. The zero-order valence-electron chi connectivity index (χ0n) is 12.3. The van der Waals surface area contributed by atoms with E-state index in [-0.39, 0.29) is 5.91 Å². The predicted molar refractivity (Wildman–Crippen MR) is 95.7 cm³/mol. The maximum absolute atomic E-state index is 12.0. The van der Waals surface area contributed by atoms with E-state index < -0.39 is 0 Å². The number of halogens is 1. The summed E-state index contributed by atoms with van der Waals surface area (Å²) in [6.07, 6.45) is 3.12. The molecule has 0 spiro atoms. The van der Waals surface area contributed by atoms with Crippen LogP contribution in [0.5, 0.6) is 5.75 Å². The molecule has 0 aliphatic carbocycles. The van der Waals surface area contributed by atoms with E-state index in [4.69, 9.17) is 4.74 Å². The minimum absolute atomic E-state index is 0.0133. The van der Waals surface area contributed by atoms with E-state index in [1.807, 2.05) is 54.8 Å². The summed E-state index contributed by atoms with van der Waals surface area (Å²) in [5.41, 5.74) is 0.868. The van der Waals surface area contributed by atoms with Crippen molar-refractivity contribution < 1.29 is 9.53 Å². The highest BCUT2D eigenvalue weighted by atomic mass is 79.9. The van der Waals surface area contributed by atoms with E-state index in [9.17, 15) is 4.79 Å². The molecule has 2 aromatic carbocycles. The summed E-state index contributed by atoms with van der Waals surface area (Å²) in [6, 6.07) is 15.5. The molecule has 22 heavy (non-hydrogen) atoms. The van der Waals surface area contributed by atoms with Gasteiger partial charge in [0.25, 0.3) is 0 Å². The Labute approximate surface area is 143 Å². The van der Waals surface area contributed by atoms with Crippen molar-refractivity contribution in [2.45, 2.75) is 17.7 Å². The Bertz CT molecular complexity index is 634. The summed E-state index contributed by atoms with van der Waals surface area (Å²) < 4.78 is 6.60. The van der Waals surface area contributed by atoms with Crippen molar-refractivity contribution in [3.63, 3.8) is 0 Å². The molecule has 1 N–H and O–H groups in total. The molecule has 0 bridgehead atoms. The van der Waals surface area contributed by atoms with Crippen LogP contribution in [0.25, 0.3) is 0 Å². The molecule has 0 aliphatic heterocycles. The molecule has 0 aliphatic rings. The van der Waals surface area contributed by atoms with Gasteiger partial charge in [0, 0.05) is 15.8 Å². The fourth-order valence-corrected chi connectivity index (χ4v) is 2.87. The maximum Gasteiger partial charge on any atom is 0.224 e. The highest BCUT2D eigenvalue weighted by Gasteiger charge is 2.06. The average molecular weight is 380 g/mol. The number of para-hydroxylation sites is 1. The Hall–Kier alpha value is -1.46. The molecule has 0 heterocycles. The van der Waals surface area contributed by atoms with Crippen LogP contribution < -0.4 is 10.1 Å². The molecular weight excluding hydrogens is 362 g/mol. The molecular formula is C17H18BrNO2S. The number of carbonyl (C=O) groups is 1. The Morgan fingerprint density at radius 3 is 2.82 bits per heavy atom. The molecule has 3 nitrogen and oxygen atoms in total. The fourth-order valence-electron chi connectivity index (χ4n) is 1.94. The van der Waals surface area contributed by atoms with Gasteiger partial charge in [-0.3, -0.25) is 4.79 Å². The molecule has 5 heteroatoms. The molecule has 0 saturated carbocycles. The zero-order valence-corrected chi connectivity index (χ0v) is 14.7. The molecule has 2 rings (SSSR count). The molecule has 0 aromatic heterocycles. The molecule has 0 unspecified atom stereocenters. The first-order chi connectivity index (χ1) is 10.7. The molecule has 2 aromatic rings. The number of amides is 1. The van der Waals surface area contributed by atoms with Gasteiger partial charge in [-0.25, -0.2) is 0 Å². The second-order valence-corrected chi connectivity index (χ2v) is 6.42. The van der Waals surface area contributed by atoms with E-state index >= 15 is 0 Å². The van der Waals surface area contributed by atoms with Crippen molar-refractivity contribution in [3.05, 3.63) is 53.0 Å². The fraction of sp³-hybridized carbons (Fsp3) is 0.235. The summed E-state index contributed by atoms with van der Waals surface area (Å²) in [6.45, 7) is 0.522. The minimum atomic E-state index is 0.0133. The van der Waals surface area contributed by atoms with Crippen LogP contribution in [0.15, 0.2) is 57.9 Å². The van der Waals surface area contributed by atoms with Crippen LogP contribution >= 0.6 is 27.7 Å². The number of thioether (sulfide) groups is 1. The first-order valence-corrected chi connectivity index (χ1v) is 9.02. The highest BCUT2D eigenvalue weighted by molar-refractivity contribution is 9.10. The van der Waals surface area contributed by atoms with Gasteiger partial charge in [-0.2, -0.15) is 0 Å². The van der Waals surface area contributed by atoms with Crippen LogP contribution in [0.4, 0.5) is 5.69 Å². The number of ether oxygens (including phenoxy) is 1. The van der Waals surface area contributed by atoms with Gasteiger partial charge in [-0.05, 0) is 43.0 Å². The van der Waals surface area contributed by atoms with Crippen molar-refractivity contribution in [1.29, 1.82) is 0 Å². The van der Waals surface area contributed by atoms with Crippen molar-refractivity contribution in [2.24, 2.45) is 0 Å². The van der Waals surface area contributed by atoms with Crippen molar-refractivity contribution in [3.8, 4) is 5.75 Å².